The Morgan fingerprint density at radius 2 is 1.83 bits per heavy atom. The summed E-state index contributed by atoms with van der Waals surface area (Å²) in [7, 11) is 0. The molecule has 1 spiro atoms. The molecule has 2 fully saturated rings. The van der Waals surface area contributed by atoms with Crippen LogP contribution in [0.15, 0.2) is 28.8 Å². The van der Waals surface area contributed by atoms with Crippen LogP contribution in [0.3, 0.4) is 0 Å². The predicted molar refractivity (Wildman–Crippen MR) is 136 cm³/mol. The summed E-state index contributed by atoms with van der Waals surface area (Å²) in [6.07, 6.45) is 3.79. The van der Waals surface area contributed by atoms with E-state index in [4.69, 9.17) is 9.26 Å². The molecule has 1 aromatic carbocycles. The molecular weight excluding hydrogens is 458 g/mol. The highest BCUT2D eigenvalue weighted by molar-refractivity contribution is 5.90. The van der Waals surface area contributed by atoms with Crippen LogP contribution in [0, 0.1) is 13.8 Å². The van der Waals surface area contributed by atoms with E-state index in [0.29, 0.717) is 42.9 Å². The number of fused-ring (bicyclic) bond motifs is 2. The van der Waals surface area contributed by atoms with Crippen LogP contribution in [0.25, 0.3) is 0 Å². The van der Waals surface area contributed by atoms with Gasteiger partial charge < -0.3 is 29.3 Å². The fraction of sp³-hybridized carbons (Fsp3) is 0.593. The van der Waals surface area contributed by atoms with E-state index in [1.54, 1.807) is 0 Å². The number of carbonyl (C=O) groups excluding carboxylic acids is 2. The molecule has 3 aliphatic rings. The zero-order chi connectivity index (χ0) is 25.3. The van der Waals surface area contributed by atoms with Gasteiger partial charge in [0, 0.05) is 37.6 Å². The van der Waals surface area contributed by atoms with Crippen molar-refractivity contribution in [3.05, 3.63) is 46.8 Å². The second-order valence-corrected chi connectivity index (χ2v) is 10.4. The molecule has 0 radical (unpaired) electrons. The molecule has 0 atom stereocenters. The summed E-state index contributed by atoms with van der Waals surface area (Å²) in [5.41, 5.74) is 3.93. The molecule has 3 amide bonds. The number of nitrogens with zero attached hydrogens (tertiary/aromatic N) is 4. The minimum absolute atomic E-state index is 0.0486. The molecule has 3 aliphatic heterocycles. The first-order valence-corrected chi connectivity index (χ1v) is 13.1. The minimum atomic E-state index is -0.192. The first-order chi connectivity index (χ1) is 17.4. The van der Waals surface area contributed by atoms with Gasteiger partial charge in [0.05, 0.1) is 6.61 Å². The highest BCUT2D eigenvalue weighted by atomic mass is 16.6. The number of carbonyl (C=O) groups is 2. The molecule has 9 nitrogen and oxygen atoms in total. The molecular formula is C27H37N5O4. The zero-order valence-electron chi connectivity index (χ0n) is 21.6. The number of anilines is 1. The van der Waals surface area contributed by atoms with Crippen LogP contribution in [-0.4, -0.2) is 77.4 Å². The van der Waals surface area contributed by atoms with Gasteiger partial charge in [-0.15, -0.1) is 0 Å². The van der Waals surface area contributed by atoms with Gasteiger partial charge >= 0.3 is 12.1 Å². The summed E-state index contributed by atoms with van der Waals surface area (Å²) in [6, 6.07) is 8.99. The number of hydrogen-bond donors (Lipinski definition) is 1. The van der Waals surface area contributed by atoms with Crippen molar-refractivity contribution in [3.63, 3.8) is 0 Å². The number of aryl methyl sites for hydroxylation is 2. The van der Waals surface area contributed by atoms with Gasteiger partial charge in [0.2, 0.25) is 0 Å². The Bertz CT molecular complexity index is 1080. The molecule has 0 bridgehead atoms. The highest BCUT2D eigenvalue weighted by Crippen LogP contribution is 2.42. The van der Waals surface area contributed by atoms with Crippen molar-refractivity contribution >= 4 is 17.8 Å². The number of aromatic nitrogens is 1. The van der Waals surface area contributed by atoms with Crippen molar-refractivity contribution in [2.45, 2.75) is 64.5 Å². The SMILES string of the molecule is CCOC(=O)N1CCC(N2CCC3(CC2)CN(C(=O)Nc2c(C)noc2C)Cc2ccccc23)CC1. The number of likely N-dealkylation sites (tertiary alicyclic amines) is 2. The number of piperidine rings is 2. The van der Waals surface area contributed by atoms with Crippen molar-refractivity contribution in [2.75, 3.05) is 44.6 Å². The summed E-state index contributed by atoms with van der Waals surface area (Å²) in [6.45, 7) is 10.7. The Morgan fingerprint density at radius 1 is 1.11 bits per heavy atom. The van der Waals surface area contributed by atoms with E-state index in [9.17, 15) is 9.59 Å². The van der Waals surface area contributed by atoms with Crippen LogP contribution in [0.4, 0.5) is 15.3 Å². The number of nitrogens with one attached hydrogen (secondary N) is 1. The first kappa shape index (κ1) is 24.6. The molecule has 0 aliphatic carbocycles. The molecule has 1 N–H and O–H groups in total. The zero-order valence-corrected chi connectivity index (χ0v) is 21.6. The average Bonchev–Trinajstić information content (AvgIpc) is 3.21. The molecule has 194 valence electrons. The van der Waals surface area contributed by atoms with Gasteiger partial charge in [-0.05, 0) is 70.7 Å². The lowest BCUT2D eigenvalue weighted by Gasteiger charge is -2.50. The summed E-state index contributed by atoms with van der Waals surface area (Å²) < 4.78 is 10.4. The number of hydrogen-bond acceptors (Lipinski definition) is 6. The molecule has 2 saturated heterocycles. The second-order valence-electron chi connectivity index (χ2n) is 10.4. The lowest BCUT2D eigenvalue weighted by atomic mass is 9.68. The van der Waals surface area contributed by atoms with Crippen molar-refractivity contribution < 1.29 is 18.8 Å². The summed E-state index contributed by atoms with van der Waals surface area (Å²) >= 11 is 0. The first-order valence-electron chi connectivity index (χ1n) is 13.1. The van der Waals surface area contributed by atoms with E-state index in [2.05, 4.69) is 39.6 Å². The maximum atomic E-state index is 13.3. The van der Waals surface area contributed by atoms with Crippen LogP contribution in [-0.2, 0) is 16.7 Å². The topological polar surface area (TPSA) is 91.2 Å². The Morgan fingerprint density at radius 3 is 2.50 bits per heavy atom. The third-order valence-electron chi connectivity index (χ3n) is 8.26. The van der Waals surface area contributed by atoms with Gasteiger partial charge in [-0.2, -0.15) is 0 Å². The predicted octanol–water partition coefficient (Wildman–Crippen LogP) is 4.29. The maximum Gasteiger partial charge on any atom is 0.409 e. The van der Waals surface area contributed by atoms with E-state index in [1.807, 2.05) is 30.6 Å². The fourth-order valence-electron chi connectivity index (χ4n) is 6.25. The van der Waals surface area contributed by atoms with Gasteiger partial charge in [0.1, 0.15) is 11.4 Å². The van der Waals surface area contributed by atoms with Gasteiger partial charge in [-0.25, -0.2) is 9.59 Å². The van der Waals surface area contributed by atoms with Gasteiger partial charge in [0.15, 0.2) is 5.76 Å². The van der Waals surface area contributed by atoms with Crippen molar-refractivity contribution in [2.24, 2.45) is 0 Å². The van der Waals surface area contributed by atoms with E-state index in [-0.39, 0.29) is 17.5 Å². The third-order valence-corrected chi connectivity index (χ3v) is 8.26. The summed E-state index contributed by atoms with van der Waals surface area (Å²) in [5.74, 6) is 0.621. The van der Waals surface area contributed by atoms with E-state index < -0.39 is 0 Å². The summed E-state index contributed by atoms with van der Waals surface area (Å²) in [5, 5.41) is 7.01. The lowest BCUT2D eigenvalue weighted by molar-refractivity contribution is 0.0477. The largest absolute Gasteiger partial charge is 0.450 e. The Balaban J connectivity index is 1.26. The van der Waals surface area contributed by atoms with Gasteiger partial charge in [0.25, 0.3) is 0 Å². The van der Waals surface area contributed by atoms with Crippen LogP contribution in [0.2, 0.25) is 0 Å². The van der Waals surface area contributed by atoms with Crippen LogP contribution in [0.1, 0.15) is 55.2 Å². The van der Waals surface area contributed by atoms with Crippen LogP contribution in [0.5, 0.6) is 0 Å². The minimum Gasteiger partial charge on any atom is -0.450 e. The monoisotopic (exact) mass is 495 g/mol. The van der Waals surface area contributed by atoms with Crippen LogP contribution >= 0.6 is 0 Å². The number of urea groups is 1. The Labute approximate surface area is 212 Å². The number of amides is 3. The molecule has 0 saturated carbocycles. The molecule has 36 heavy (non-hydrogen) atoms. The van der Waals surface area contributed by atoms with Crippen molar-refractivity contribution in [1.29, 1.82) is 0 Å². The van der Waals surface area contributed by atoms with Crippen LogP contribution < -0.4 is 5.32 Å². The lowest BCUT2D eigenvalue weighted by Crippen LogP contribution is -2.56. The molecule has 4 heterocycles. The summed E-state index contributed by atoms with van der Waals surface area (Å²) in [4.78, 5) is 31.8. The van der Waals surface area contributed by atoms with Gasteiger partial charge in [-0.3, -0.25) is 0 Å². The van der Waals surface area contributed by atoms with Crippen molar-refractivity contribution in [3.8, 4) is 0 Å². The van der Waals surface area contributed by atoms with E-state index >= 15 is 0 Å². The maximum absolute atomic E-state index is 13.3. The Kier molecular flexibility index (Phi) is 6.92. The number of rotatable bonds is 3. The second kappa shape index (κ2) is 10.1. The Hall–Kier alpha value is -3.07. The smallest absolute Gasteiger partial charge is 0.409 e. The van der Waals surface area contributed by atoms with Crippen molar-refractivity contribution in [1.82, 2.24) is 19.9 Å². The molecule has 0 unspecified atom stereocenters. The molecule has 9 heteroatoms. The number of ether oxygens (including phenoxy) is 1. The molecule has 2 aromatic rings. The van der Waals surface area contributed by atoms with E-state index in [1.165, 1.54) is 11.1 Å². The highest BCUT2D eigenvalue weighted by Gasteiger charge is 2.44. The standard InChI is InChI=1S/C27H37N5O4/c1-4-35-26(34)31-13-9-22(10-14-31)30-15-11-27(12-16-30)18-32(17-21-7-5-6-8-23(21)27)25(33)28-24-19(2)29-36-20(24)3/h5-8,22H,4,9-18H2,1-3H3,(H,28,33). The quantitative estimate of drug-likeness (QED) is 0.683. The molecule has 1 aromatic heterocycles. The van der Waals surface area contributed by atoms with Gasteiger partial charge in [-0.1, -0.05) is 29.4 Å². The number of benzene rings is 1. The average molecular weight is 496 g/mol. The third kappa shape index (κ3) is 4.68. The van der Waals surface area contributed by atoms with E-state index in [0.717, 1.165) is 51.9 Å². The molecule has 5 rings (SSSR count). The normalized spacial score (nSPS) is 20.3. The fourth-order valence-corrected chi connectivity index (χ4v) is 6.25.